The molecule has 1 saturated carbocycles. The molecule has 0 bridgehead atoms. The van der Waals surface area contributed by atoms with E-state index in [0.717, 1.165) is 25.7 Å². The molecule has 5 heteroatoms. The third-order valence-electron chi connectivity index (χ3n) is 3.61. The maximum atomic E-state index is 6.06. The van der Waals surface area contributed by atoms with Crippen LogP contribution in [-0.4, -0.2) is 17.3 Å². The molecule has 1 fully saturated rings. The highest BCUT2D eigenvalue weighted by Crippen LogP contribution is 2.43. The zero-order chi connectivity index (χ0) is 11.8. The average Bonchev–Trinajstić information content (AvgIpc) is 2.67. The molecular weight excluding hydrogens is 206 g/mol. The quantitative estimate of drug-likeness (QED) is 0.843. The van der Waals surface area contributed by atoms with Crippen LogP contribution in [0.4, 0.5) is 0 Å². The molecule has 16 heavy (non-hydrogen) atoms. The molecule has 1 aliphatic rings. The van der Waals surface area contributed by atoms with Gasteiger partial charge in [0.15, 0.2) is 0 Å². The van der Waals surface area contributed by atoms with E-state index in [4.69, 9.17) is 15.0 Å². The van der Waals surface area contributed by atoms with Gasteiger partial charge in [-0.2, -0.15) is 4.98 Å². The smallest absolute Gasteiger partial charge is 0.246 e. The molecule has 2 rings (SSSR count). The summed E-state index contributed by atoms with van der Waals surface area (Å²) in [6.45, 7) is 3.89. The molecule has 1 aromatic rings. The molecule has 1 aliphatic carbocycles. The monoisotopic (exact) mass is 225 g/mol. The molecule has 0 saturated heterocycles. The summed E-state index contributed by atoms with van der Waals surface area (Å²) in [7, 11) is 1.69. The second kappa shape index (κ2) is 3.82. The lowest BCUT2D eigenvalue weighted by Gasteiger charge is -2.37. The molecule has 1 unspecified atom stereocenters. The molecule has 90 valence electrons. The van der Waals surface area contributed by atoms with Gasteiger partial charge in [0, 0.05) is 7.11 Å². The molecule has 1 aromatic heterocycles. The minimum atomic E-state index is -0.552. The van der Waals surface area contributed by atoms with Crippen LogP contribution in [0.5, 0.6) is 0 Å². The van der Waals surface area contributed by atoms with Crippen LogP contribution in [0.1, 0.15) is 51.2 Å². The van der Waals surface area contributed by atoms with E-state index < -0.39 is 5.54 Å². The number of ether oxygens (including phenoxy) is 1. The fraction of sp³-hybridized carbons (Fsp3) is 0.818. The normalized spacial score (nSPS) is 22.5. The molecule has 2 N–H and O–H groups in total. The SMILES string of the molecule is CCC(C)(N)c1nc(C2(OC)CCC2)no1. The third kappa shape index (κ3) is 1.64. The number of hydrogen-bond acceptors (Lipinski definition) is 5. The summed E-state index contributed by atoms with van der Waals surface area (Å²) in [4.78, 5) is 4.39. The van der Waals surface area contributed by atoms with Gasteiger partial charge in [-0.25, -0.2) is 0 Å². The number of rotatable bonds is 4. The molecule has 0 spiro atoms. The van der Waals surface area contributed by atoms with E-state index in [1.54, 1.807) is 7.11 Å². The number of nitrogens with zero attached hydrogens (tertiary/aromatic N) is 2. The van der Waals surface area contributed by atoms with Crippen molar-refractivity contribution in [3.8, 4) is 0 Å². The van der Waals surface area contributed by atoms with Crippen molar-refractivity contribution in [2.45, 2.75) is 50.7 Å². The number of methoxy groups -OCH3 is 1. The Bertz CT molecular complexity index is 364. The summed E-state index contributed by atoms with van der Waals surface area (Å²) >= 11 is 0. The van der Waals surface area contributed by atoms with Crippen molar-refractivity contribution in [3.63, 3.8) is 0 Å². The summed E-state index contributed by atoms with van der Waals surface area (Å²) in [6.07, 6.45) is 3.81. The van der Waals surface area contributed by atoms with Gasteiger partial charge < -0.3 is 15.0 Å². The van der Waals surface area contributed by atoms with E-state index in [1.807, 2.05) is 13.8 Å². The van der Waals surface area contributed by atoms with Gasteiger partial charge in [0.1, 0.15) is 5.60 Å². The van der Waals surface area contributed by atoms with E-state index in [0.29, 0.717) is 11.7 Å². The predicted octanol–water partition coefficient (Wildman–Crippen LogP) is 1.68. The average molecular weight is 225 g/mol. The van der Waals surface area contributed by atoms with Crippen LogP contribution in [0.15, 0.2) is 4.52 Å². The molecule has 1 heterocycles. The number of hydrogen-bond donors (Lipinski definition) is 1. The zero-order valence-corrected chi connectivity index (χ0v) is 10.1. The first-order chi connectivity index (χ1) is 7.54. The van der Waals surface area contributed by atoms with Crippen LogP contribution in [0.2, 0.25) is 0 Å². The summed E-state index contributed by atoms with van der Waals surface area (Å²) in [5, 5.41) is 4.00. The van der Waals surface area contributed by atoms with Crippen LogP contribution in [0.25, 0.3) is 0 Å². The van der Waals surface area contributed by atoms with Crippen LogP contribution in [0, 0.1) is 0 Å². The van der Waals surface area contributed by atoms with Crippen molar-refractivity contribution in [1.29, 1.82) is 0 Å². The van der Waals surface area contributed by atoms with Crippen LogP contribution < -0.4 is 5.73 Å². The first-order valence-electron chi connectivity index (χ1n) is 5.73. The molecule has 5 nitrogen and oxygen atoms in total. The standard InChI is InChI=1S/C11H19N3O2/c1-4-10(2,12)9-13-8(14-16-9)11(15-3)6-5-7-11/h4-7,12H2,1-3H3. The van der Waals surface area contributed by atoms with Crippen LogP contribution in [0.3, 0.4) is 0 Å². The highest BCUT2D eigenvalue weighted by Gasteiger charge is 2.44. The van der Waals surface area contributed by atoms with Crippen molar-refractivity contribution in [3.05, 3.63) is 11.7 Å². The van der Waals surface area contributed by atoms with Crippen molar-refractivity contribution < 1.29 is 9.26 Å². The highest BCUT2D eigenvalue weighted by molar-refractivity contribution is 5.09. The van der Waals surface area contributed by atoms with E-state index in [-0.39, 0.29) is 5.60 Å². The Kier molecular flexibility index (Phi) is 2.75. The molecule has 0 radical (unpaired) electrons. The summed E-state index contributed by atoms with van der Waals surface area (Å²) < 4.78 is 10.7. The van der Waals surface area contributed by atoms with E-state index in [9.17, 15) is 0 Å². The summed E-state index contributed by atoms with van der Waals surface area (Å²) in [5.41, 5.74) is 5.18. The minimum absolute atomic E-state index is 0.328. The van der Waals surface area contributed by atoms with E-state index >= 15 is 0 Å². The van der Waals surface area contributed by atoms with Crippen molar-refractivity contribution >= 4 is 0 Å². The number of aromatic nitrogens is 2. The Morgan fingerprint density at radius 1 is 1.56 bits per heavy atom. The van der Waals surface area contributed by atoms with Crippen molar-refractivity contribution in [1.82, 2.24) is 10.1 Å². The van der Waals surface area contributed by atoms with Gasteiger partial charge in [0.25, 0.3) is 0 Å². The lowest BCUT2D eigenvalue weighted by atomic mass is 9.79. The van der Waals surface area contributed by atoms with E-state index in [1.165, 1.54) is 0 Å². The lowest BCUT2D eigenvalue weighted by molar-refractivity contribution is -0.0858. The number of nitrogens with two attached hydrogens (primary N) is 1. The Labute approximate surface area is 95.3 Å². The van der Waals surface area contributed by atoms with Gasteiger partial charge in [0.05, 0.1) is 5.54 Å². The maximum absolute atomic E-state index is 6.06. The maximum Gasteiger partial charge on any atom is 0.246 e. The zero-order valence-electron chi connectivity index (χ0n) is 10.1. The largest absolute Gasteiger partial charge is 0.370 e. The first-order valence-corrected chi connectivity index (χ1v) is 5.73. The van der Waals surface area contributed by atoms with Gasteiger partial charge in [-0.15, -0.1) is 0 Å². The van der Waals surface area contributed by atoms with Crippen molar-refractivity contribution in [2.75, 3.05) is 7.11 Å². The van der Waals surface area contributed by atoms with Gasteiger partial charge in [-0.3, -0.25) is 0 Å². The molecule has 0 aromatic carbocycles. The molecule has 0 aliphatic heterocycles. The summed E-state index contributed by atoms with van der Waals surface area (Å²) in [5.74, 6) is 1.13. The van der Waals surface area contributed by atoms with Gasteiger partial charge in [-0.1, -0.05) is 12.1 Å². The minimum Gasteiger partial charge on any atom is -0.370 e. The van der Waals surface area contributed by atoms with Crippen LogP contribution in [-0.2, 0) is 15.9 Å². The Hall–Kier alpha value is -0.940. The van der Waals surface area contributed by atoms with Gasteiger partial charge in [0.2, 0.25) is 11.7 Å². The summed E-state index contributed by atoms with van der Waals surface area (Å²) in [6, 6.07) is 0. The Morgan fingerprint density at radius 2 is 2.25 bits per heavy atom. The fourth-order valence-corrected chi connectivity index (χ4v) is 1.81. The highest BCUT2D eigenvalue weighted by atomic mass is 16.5. The Balaban J connectivity index is 2.26. The fourth-order valence-electron chi connectivity index (χ4n) is 1.81. The topological polar surface area (TPSA) is 74.2 Å². The molecule has 1 atom stereocenters. The third-order valence-corrected chi connectivity index (χ3v) is 3.61. The second-order valence-corrected chi connectivity index (χ2v) is 4.75. The van der Waals surface area contributed by atoms with Crippen molar-refractivity contribution in [2.24, 2.45) is 5.73 Å². The van der Waals surface area contributed by atoms with E-state index in [2.05, 4.69) is 10.1 Å². The molecule has 0 amide bonds. The first kappa shape index (κ1) is 11.5. The van der Waals surface area contributed by atoms with Gasteiger partial charge in [-0.05, 0) is 32.6 Å². The lowest BCUT2D eigenvalue weighted by Crippen LogP contribution is -2.38. The van der Waals surface area contributed by atoms with Gasteiger partial charge >= 0.3 is 0 Å². The molecular formula is C11H19N3O2. The van der Waals surface area contributed by atoms with Crippen LogP contribution >= 0.6 is 0 Å². The Morgan fingerprint density at radius 3 is 2.69 bits per heavy atom. The second-order valence-electron chi connectivity index (χ2n) is 4.75. The predicted molar refractivity (Wildman–Crippen MR) is 58.7 cm³/mol.